The van der Waals surface area contributed by atoms with Gasteiger partial charge in [0.15, 0.2) is 5.82 Å². The Hall–Kier alpha value is -3.70. The number of carbonyl (C=O) groups is 1. The van der Waals surface area contributed by atoms with Gasteiger partial charge in [0, 0.05) is 12.3 Å². The molecule has 5 rings (SSSR count). The zero-order chi connectivity index (χ0) is 24.7. The molecule has 1 aliphatic carbocycles. The van der Waals surface area contributed by atoms with E-state index in [9.17, 15) is 26.7 Å². The Morgan fingerprint density at radius 3 is 2.37 bits per heavy atom. The molecule has 7 nitrogen and oxygen atoms in total. The first kappa shape index (κ1) is 23.1. The quantitative estimate of drug-likeness (QED) is 0.343. The van der Waals surface area contributed by atoms with E-state index in [1.165, 1.54) is 35.0 Å². The summed E-state index contributed by atoms with van der Waals surface area (Å²) in [6, 6.07) is 10.7. The lowest BCUT2D eigenvalue weighted by Gasteiger charge is -2.12. The van der Waals surface area contributed by atoms with Crippen molar-refractivity contribution >= 4 is 6.16 Å². The topological polar surface area (TPSA) is 75.5 Å². The molecule has 0 N–H and O–H groups in total. The summed E-state index contributed by atoms with van der Waals surface area (Å²) in [6.07, 6.45) is -5.14. The smallest absolute Gasteiger partial charge is 0.435 e. The Kier molecular flexibility index (Phi) is 5.81. The first-order valence-electron chi connectivity index (χ1n) is 10.7. The summed E-state index contributed by atoms with van der Waals surface area (Å²) < 4.78 is 80.6. The van der Waals surface area contributed by atoms with Crippen LogP contribution in [0.4, 0.5) is 26.7 Å². The maximum absolute atomic E-state index is 13.1. The average Bonchev–Trinajstić information content (AvgIpc) is 3.46. The normalized spacial score (nSPS) is 21.7. The second-order valence-corrected chi connectivity index (χ2v) is 8.28. The minimum absolute atomic E-state index is 0.0367. The van der Waals surface area contributed by atoms with Crippen LogP contribution in [0.2, 0.25) is 0 Å². The van der Waals surface area contributed by atoms with Crippen molar-refractivity contribution < 1.29 is 41.0 Å². The second-order valence-electron chi connectivity index (χ2n) is 8.28. The summed E-state index contributed by atoms with van der Waals surface area (Å²) in [5, 5.41) is 4.50. The van der Waals surface area contributed by atoms with Crippen molar-refractivity contribution in [2.24, 2.45) is 0 Å². The lowest BCUT2D eigenvalue weighted by Crippen LogP contribution is -2.13. The van der Waals surface area contributed by atoms with Crippen LogP contribution in [0.1, 0.15) is 41.5 Å². The third kappa shape index (κ3) is 4.91. The highest BCUT2D eigenvalue weighted by Crippen LogP contribution is 2.41. The fourth-order valence-corrected chi connectivity index (χ4v) is 4.40. The average molecular weight is 495 g/mol. The summed E-state index contributed by atoms with van der Waals surface area (Å²) in [4.78, 5) is 16.0. The molecule has 12 heteroatoms. The highest BCUT2D eigenvalue weighted by molar-refractivity contribution is 5.62. The number of benzene rings is 2. The van der Waals surface area contributed by atoms with Gasteiger partial charge in [-0.3, -0.25) is 0 Å². The number of fused-ring (bicyclic) bond motifs is 1. The molecule has 1 saturated heterocycles. The van der Waals surface area contributed by atoms with Crippen molar-refractivity contribution in [2.75, 3.05) is 0 Å². The summed E-state index contributed by atoms with van der Waals surface area (Å²) in [5.41, 5.74) is 0.107. The van der Waals surface area contributed by atoms with E-state index in [-0.39, 0.29) is 23.9 Å². The highest BCUT2D eigenvalue weighted by atomic mass is 19.4. The molecule has 0 spiro atoms. The number of carbonyl (C=O) groups excluding carboxylic acids is 1. The molecule has 1 saturated carbocycles. The Morgan fingerprint density at radius 2 is 1.74 bits per heavy atom. The van der Waals surface area contributed by atoms with Gasteiger partial charge in [-0.25, -0.2) is 14.5 Å². The maximum atomic E-state index is 13.1. The van der Waals surface area contributed by atoms with Crippen molar-refractivity contribution in [2.45, 2.75) is 50.2 Å². The van der Waals surface area contributed by atoms with E-state index in [4.69, 9.17) is 9.47 Å². The third-order valence-corrected chi connectivity index (χ3v) is 5.91. The standard InChI is InChI=1S/C23H18F5N3O4/c24-21(25)33-16-6-4-15(5-7-16)31-20(13-10-17-18(11-13)35-22(32)34-17)29-19(30-31)9-12-2-1-3-14(8-12)23(26,27)28/h1-8,13,17-18,21H,9-11H2/t13?,17-,18+. The second kappa shape index (κ2) is 8.82. The van der Waals surface area contributed by atoms with Crippen LogP contribution in [0.3, 0.4) is 0 Å². The predicted octanol–water partition coefficient (Wildman–Crippen LogP) is 5.26. The van der Waals surface area contributed by atoms with Crippen LogP contribution in [0.5, 0.6) is 5.75 Å². The van der Waals surface area contributed by atoms with E-state index in [0.717, 1.165) is 12.1 Å². The molecule has 1 unspecified atom stereocenters. The molecule has 0 amide bonds. The van der Waals surface area contributed by atoms with Gasteiger partial charge in [-0.15, -0.1) is 0 Å². The van der Waals surface area contributed by atoms with Crippen LogP contribution in [0.15, 0.2) is 48.5 Å². The molecule has 0 bridgehead atoms. The van der Waals surface area contributed by atoms with Crippen molar-refractivity contribution in [1.82, 2.24) is 14.8 Å². The monoisotopic (exact) mass is 495 g/mol. The number of alkyl halides is 5. The Balaban J connectivity index is 1.46. The summed E-state index contributed by atoms with van der Waals surface area (Å²) in [7, 11) is 0. The number of hydrogen-bond acceptors (Lipinski definition) is 6. The van der Waals surface area contributed by atoms with E-state index in [2.05, 4.69) is 14.8 Å². The fourth-order valence-electron chi connectivity index (χ4n) is 4.40. The Bertz CT molecular complexity index is 1210. The largest absolute Gasteiger partial charge is 0.509 e. The van der Waals surface area contributed by atoms with Gasteiger partial charge in [0.25, 0.3) is 0 Å². The van der Waals surface area contributed by atoms with Crippen LogP contribution < -0.4 is 4.74 Å². The molecule has 3 atom stereocenters. The van der Waals surface area contributed by atoms with E-state index < -0.39 is 36.7 Å². The lowest BCUT2D eigenvalue weighted by atomic mass is 10.1. The minimum Gasteiger partial charge on any atom is -0.435 e. The van der Waals surface area contributed by atoms with E-state index in [0.29, 0.717) is 29.9 Å². The van der Waals surface area contributed by atoms with Gasteiger partial charge in [0.2, 0.25) is 0 Å². The van der Waals surface area contributed by atoms with Crippen LogP contribution >= 0.6 is 0 Å². The van der Waals surface area contributed by atoms with Crippen molar-refractivity contribution in [3.63, 3.8) is 0 Å². The number of aromatic nitrogens is 3. The zero-order valence-corrected chi connectivity index (χ0v) is 17.9. The molecule has 2 aromatic carbocycles. The van der Waals surface area contributed by atoms with Gasteiger partial charge in [0.05, 0.1) is 11.3 Å². The number of ether oxygens (including phenoxy) is 3. The highest BCUT2D eigenvalue weighted by Gasteiger charge is 2.47. The molecular weight excluding hydrogens is 477 g/mol. The summed E-state index contributed by atoms with van der Waals surface area (Å²) in [6.45, 7) is -2.97. The molecule has 35 heavy (non-hydrogen) atoms. The molecular formula is C23H18F5N3O4. The van der Waals surface area contributed by atoms with Crippen molar-refractivity contribution in [3.8, 4) is 11.4 Å². The summed E-state index contributed by atoms with van der Waals surface area (Å²) >= 11 is 0. The van der Waals surface area contributed by atoms with E-state index in [1.807, 2.05) is 0 Å². The van der Waals surface area contributed by atoms with Crippen LogP contribution in [-0.2, 0) is 22.1 Å². The van der Waals surface area contributed by atoms with Crippen molar-refractivity contribution in [3.05, 3.63) is 71.3 Å². The first-order valence-corrected chi connectivity index (χ1v) is 10.7. The molecule has 2 heterocycles. The zero-order valence-electron chi connectivity index (χ0n) is 17.9. The van der Waals surface area contributed by atoms with E-state index >= 15 is 0 Å². The molecule has 1 aliphatic heterocycles. The van der Waals surface area contributed by atoms with Gasteiger partial charge < -0.3 is 14.2 Å². The van der Waals surface area contributed by atoms with E-state index in [1.54, 1.807) is 6.07 Å². The Labute approximate surface area is 195 Å². The fraction of sp³-hybridized carbons (Fsp3) is 0.348. The number of hydrogen-bond donors (Lipinski definition) is 0. The molecule has 2 fully saturated rings. The molecule has 1 aromatic heterocycles. The molecule has 2 aliphatic rings. The van der Waals surface area contributed by atoms with Crippen molar-refractivity contribution in [1.29, 1.82) is 0 Å². The van der Waals surface area contributed by atoms with Gasteiger partial charge in [-0.1, -0.05) is 18.2 Å². The first-order chi connectivity index (χ1) is 16.7. The number of nitrogens with zero attached hydrogens (tertiary/aromatic N) is 3. The minimum atomic E-state index is -4.48. The van der Waals surface area contributed by atoms with Crippen LogP contribution in [0, 0.1) is 0 Å². The molecule has 0 radical (unpaired) electrons. The molecule has 3 aromatic rings. The van der Waals surface area contributed by atoms with Crippen LogP contribution in [0.25, 0.3) is 5.69 Å². The Morgan fingerprint density at radius 1 is 1.06 bits per heavy atom. The lowest BCUT2D eigenvalue weighted by molar-refractivity contribution is -0.137. The molecule has 184 valence electrons. The third-order valence-electron chi connectivity index (χ3n) is 5.91. The van der Waals surface area contributed by atoms with Gasteiger partial charge >= 0.3 is 18.9 Å². The predicted molar refractivity (Wildman–Crippen MR) is 109 cm³/mol. The van der Waals surface area contributed by atoms with Crippen LogP contribution in [-0.4, -0.2) is 39.7 Å². The number of rotatable bonds is 6. The summed E-state index contributed by atoms with van der Waals surface area (Å²) in [5.74, 6) is 0.536. The number of halogens is 5. The van der Waals surface area contributed by atoms with Gasteiger partial charge in [0.1, 0.15) is 23.8 Å². The maximum Gasteiger partial charge on any atom is 0.509 e. The van der Waals surface area contributed by atoms with Gasteiger partial charge in [-0.2, -0.15) is 27.1 Å². The van der Waals surface area contributed by atoms with Gasteiger partial charge in [-0.05, 0) is 48.7 Å². The SMILES string of the molecule is O=C1O[C@H]2CC(c3nc(Cc4cccc(C(F)(F)F)c4)nn3-c3ccc(OC(F)F)cc3)C[C@H]2O1.